The van der Waals surface area contributed by atoms with E-state index in [1.54, 1.807) is 4.90 Å². The van der Waals surface area contributed by atoms with Crippen LogP contribution < -0.4 is 10.2 Å². The number of aromatic nitrogens is 2. The van der Waals surface area contributed by atoms with Gasteiger partial charge in [-0.3, -0.25) is 9.59 Å². The van der Waals surface area contributed by atoms with Crippen molar-refractivity contribution in [1.29, 1.82) is 0 Å². The number of fused-ring (bicyclic) bond motifs is 1. The largest absolute Gasteiger partial charge is 0.311 e. The van der Waals surface area contributed by atoms with E-state index in [4.69, 9.17) is 0 Å². The molecule has 0 unspecified atom stereocenters. The normalized spacial score (nSPS) is 17.2. The van der Waals surface area contributed by atoms with Crippen LogP contribution in [0.15, 0.2) is 42.5 Å². The first-order chi connectivity index (χ1) is 12.1. The Morgan fingerprint density at radius 1 is 1.20 bits per heavy atom. The van der Waals surface area contributed by atoms with E-state index in [2.05, 4.69) is 15.5 Å². The molecule has 126 valence electrons. The lowest BCUT2D eigenvalue weighted by molar-refractivity contribution is -0.122. The Morgan fingerprint density at radius 3 is 2.80 bits per heavy atom. The van der Waals surface area contributed by atoms with Crippen LogP contribution in [-0.2, 0) is 9.59 Å². The summed E-state index contributed by atoms with van der Waals surface area (Å²) in [5.74, 6) is -0.618. The van der Waals surface area contributed by atoms with Crippen molar-refractivity contribution in [3.8, 4) is 0 Å². The molecule has 3 aromatic rings. The van der Waals surface area contributed by atoms with Crippen LogP contribution in [0.4, 0.5) is 10.8 Å². The van der Waals surface area contributed by atoms with Crippen LogP contribution in [0.2, 0.25) is 0 Å². The molecule has 1 N–H and O–H groups in total. The topological polar surface area (TPSA) is 75.2 Å². The molecule has 4 rings (SSSR count). The van der Waals surface area contributed by atoms with Gasteiger partial charge in [-0.15, -0.1) is 10.2 Å². The van der Waals surface area contributed by atoms with E-state index in [1.165, 1.54) is 11.3 Å². The van der Waals surface area contributed by atoms with Gasteiger partial charge in [-0.05, 0) is 18.4 Å². The van der Waals surface area contributed by atoms with Gasteiger partial charge in [0, 0.05) is 18.4 Å². The fraction of sp³-hybridized carbons (Fsp3) is 0.222. The lowest BCUT2D eigenvalue weighted by Gasteiger charge is -2.18. The molecule has 7 heteroatoms. The number of hydrogen-bond donors (Lipinski definition) is 1. The molecule has 0 saturated carbocycles. The molecule has 2 heterocycles. The van der Waals surface area contributed by atoms with Crippen molar-refractivity contribution in [2.24, 2.45) is 5.92 Å². The molecule has 1 fully saturated rings. The highest BCUT2D eigenvalue weighted by Gasteiger charge is 2.36. The smallest absolute Gasteiger partial charge is 0.231 e. The Balaban J connectivity index is 1.56. The van der Waals surface area contributed by atoms with Crippen LogP contribution in [0.25, 0.3) is 10.8 Å². The summed E-state index contributed by atoms with van der Waals surface area (Å²) in [5, 5.41) is 13.9. The van der Waals surface area contributed by atoms with Crippen LogP contribution in [0.5, 0.6) is 0 Å². The molecule has 1 aromatic heterocycles. The van der Waals surface area contributed by atoms with Gasteiger partial charge in [-0.1, -0.05) is 47.7 Å². The predicted octanol–water partition coefficient (Wildman–Crippen LogP) is 2.99. The number of anilines is 2. The van der Waals surface area contributed by atoms with Gasteiger partial charge >= 0.3 is 0 Å². The third-order valence-electron chi connectivity index (χ3n) is 4.31. The fourth-order valence-corrected chi connectivity index (χ4v) is 3.71. The molecule has 1 aliphatic heterocycles. The summed E-state index contributed by atoms with van der Waals surface area (Å²) in [5.41, 5.74) is 0.852. The number of aryl methyl sites for hydroxylation is 1. The SMILES string of the molecule is Cc1nnc(NC(=O)[C@@H]2CC(=O)N(c3cccc4ccccc34)C2)s1. The molecule has 1 atom stereocenters. The van der Waals surface area contributed by atoms with Crippen LogP contribution in [-0.4, -0.2) is 28.6 Å². The lowest BCUT2D eigenvalue weighted by atomic mass is 10.1. The highest BCUT2D eigenvalue weighted by molar-refractivity contribution is 7.15. The third kappa shape index (κ3) is 2.98. The maximum atomic E-state index is 12.5. The second-order valence-electron chi connectivity index (χ2n) is 6.02. The van der Waals surface area contributed by atoms with Gasteiger partial charge in [-0.2, -0.15) is 0 Å². The molecule has 2 amide bonds. The number of carbonyl (C=O) groups is 2. The van der Waals surface area contributed by atoms with Crippen LogP contribution in [0.3, 0.4) is 0 Å². The van der Waals surface area contributed by atoms with Crippen LogP contribution in [0.1, 0.15) is 11.4 Å². The Morgan fingerprint density at radius 2 is 2.00 bits per heavy atom. The summed E-state index contributed by atoms with van der Waals surface area (Å²) < 4.78 is 0. The van der Waals surface area contributed by atoms with Crippen LogP contribution in [0, 0.1) is 12.8 Å². The number of hydrogen-bond acceptors (Lipinski definition) is 5. The minimum Gasteiger partial charge on any atom is -0.311 e. The van der Waals surface area contributed by atoms with Crippen LogP contribution >= 0.6 is 11.3 Å². The van der Waals surface area contributed by atoms with Gasteiger partial charge in [0.05, 0.1) is 11.6 Å². The minimum absolute atomic E-state index is 0.0371. The van der Waals surface area contributed by atoms with Crippen molar-refractivity contribution < 1.29 is 9.59 Å². The Labute approximate surface area is 148 Å². The number of nitrogens with one attached hydrogen (secondary N) is 1. The fourth-order valence-electron chi connectivity index (χ4n) is 3.11. The number of carbonyl (C=O) groups excluding carboxylic acids is 2. The second kappa shape index (κ2) is 6.25. The third-order valence-corrected chi connectivity index (χ3v) is 5.06. The van der Waals surface area contributed by atoms with E-state index in [-0.39, 0.29) is 18.2 Å². The maximum absolute atomic E-state index is 12.5. The predicted molar refractivity (Wildman–Crippen MR) is 97.7 cm³/mol. The van der Waals surface area contributed by atoms with Crippen molar-refractivity contribution in [3.05, 3.63) is 47.5 Å². The number of nitrogens with zero attached hydrogens (tertiary/aromatic N) is 3. The first-order valence-electron chi connectivity index (χ1n) is 8.01. The molecule has 0 bridgehead atoms. The second-order valence-corrected chi connectivity index (χ2v) is 7.20. The molecule has 0 aliphatic carbocycles. The van der Waals surface area contributed by atoms with E-state index in [9.17, 15) is 9.59 Å². The maximum Gasteiger partial charge on any atom is 0.231 e. The number of amides is 2. The van der Waals surface area contributed by atoms with Crippen molar-refractivity contribution in [2.75, 3.05) is 16.8 Å². The molecule has 1 aliphatic rings. The van der Waals surface area contributed by atoms with Gasteiger partial charge in [0.15, 0.2) is 0 Å². The van der Waals surface area contributed by atoms with Gasteiger partial charge in [0.2, 0.25) is 16.9 Å². The van der Waals surface area contributed by atoms with Crippen molar-refractivity contribution >= 4 is 44.7 Å². The zero-order valence-electron chi connectivity index (χ0n) is 13.6. The average molecular weight is 352 g/mol. The summed E-state index contributed by atoms with van der Waals surface area (Å²) in [6.07, 6.45) is 0.201. The zero-order valence-corrected chi connectivity index (χ0v) is 14.4. The number of benzene rings is 2. The molecule has 0 radical (unpaired) electrons. The molecule has 2 aromatic carbocycles. The minimum atomic E-state index is -0.393. The summed E-state index contributed by atoms with van der Waals surface area (Å²) >= 11 is 1.32. The molecule has 0 spiro atoms. The molecular formula is C18H16N4O2S. The van der Waals surface area contributed by atoms with E-state index >= 15 is 0 Å². The molecule has 6 nitrogen and oxygen atoms in total. The lowest BCUT2D eigenvalue weighted by Crippen LogP contribution is -2.28. The van der Waals surface area contributed by atoms with E-state index in [0.717, 1.165) is 21.5 Å². The van der Waals surface area contributed by atoms with Crippen molar-refractivity contribution in [3.63, 3.8) is 0 Å². The average Bonchev–Trinajstić information content (AvgIpc) is 3.20. The van der Waals surface area contributed by atoms with E-state index < -0.39 is 5.92 Å². The van der Waals surface area contributed by atoms with E-state index in [0.29, 0.717) is 11.7 Å². The summed E-state index contributed by atoms with van der Waals surface area (Å²) in [6, 6.07) is 13.8. The Kier molecular flexibility index (Phi) is 3.93. The summed E-state index contributed by atoms with van der Waals surface area (Å²) in [4.78, 5) is 26.7. The Hall–Kier alpha value is -2.80. The highest BCUT2D eigenvalue weighted by Crippen LogP contribution is 2.32. The van der Waals surface area contributed by atoms with Gasteiger partial charge in [0.25, 0.3) is 0 Å². The zero-order chi connectivity index (χ0) is 17.4. The summed E-state index contributed by atoms with van der Waals surface area (Å²) in [7, 11) is 0. The van der Waals surface area contributed by atoms with Gasteiger partial charge < -0.3 is 10.2 Å². The first kappa shape index (κ1) is 15.7. The molecular weight excluding hydrogens is 336 g/mol. The van der Waals surface area contributed by atoms with Crippen molar-refractivity contribution in [1.82, 2.24) is 10.2 Å². The van der Waals surface area contributed by atoms with E-state index in [1.807, 2.05) is 49.4 Å². The molecule has 1 saturated heterocycles. The molecule has 25 heavy (non-hydrogen) atoms. The van der Waals surface area contributed by atoms with Gasteiger partial charge in [0.1, 0.15) is 5.01 Å². The Bertz CT molecular complexity index is 963. The first-order valence-corrected chi connectivity index (χ1v) is 8.82. The quantitative estimate of drug-likeness (QED) is 0.786. The highest BCUT2D eigenvalue weighted by atomic mass is 32.1. The summed E-state index contributed by atoms with van der Waals surface area (Å²) in [6.45, 7) is 2.20. The monoisotopic (exact) mass is 352 g/mol. The van der Waals surface area contributed by atoms with Gasteiger partial charge in [-0.25, -0.2) is 0 Å². The number of rotatable bonds is 3. The standard InChI is InChI=1S/C18H16N4O2S/c1-11-20-21-18(25-11)19-17(24)13-9-16(23)22(10-13)15-8-4-6-12-5-2-3-7-14(12)15/h2-8,13H,9-10H2,1H3,(H,19,21,24)/t13-/m1/s1. The van der Waals surface area contributed by atoms with Crippen molar-refractivity contribution in [2.45, 2.75) is 13.3 Å².